The first-order chi connectivity index (χ1) is 11.3. The molecule has 23 heavy (non-hydrogen) atoms. The van der Waals surface area contributed by atoms with Crippen molar-refractivity contribution in [2.24, 2.45) is 5.92 Å². The van der Waals surface area contributed by atoms with E-state index in [2.05, 4.69) is 16.0 Å². The van der Waals surface area contributed by atoms with E-state index in [4.69, 9.17) is 5.26 Å². The van der Waals surface area contributed by atoms with Gasteiger partial charge >= 0.3 is 0 Å². The standard InChI is InChI=1S/C19H23N3O/c20-13-15-10-11-16-18(12-15)22-19(23)17(21-16)9-3-1-2-6-14-7-4-5-8-14/h10-12,14H,1-9H2,(H,22,23). The number of rotatable bonds is 6. The first-order valence-electron chi connectivity index (χ1n) is 8.69. The Morgan fingerprint density at radius 1 is 1.22 bits per heavy atom. The van der Waals surface area contributed by atoms with Crippen LogP contribution in [0.25, 0.3) is 11.0 Å². The molecular weight excluding hydrogens is 286 g/mol. The molecule has 120 valence electrons. The zero-order valence-corrected chi connectivity index (χ0v) is 13.5. The van der Waals surface area contributed by atoms with E-state index in [0.717, 1.165) is 24.3 Å². The van der Waals surface area contributed by atoms with Crippen molar-refractivity contribution in [3.63, 3.8) is 0 Å². The molecule has 1 aliphatic carbocycles. The van der Waals surface area contributed by atoms with Crippen LogP contribution < -0.4 is 5.56 Å². The third-order valence-electron chi connectivity index (χ3n) is 4.89. The van der Waals surface area contributed by atoms with E-state index in [0.29, 0.717) is 16.8 Å². The first-order valence-corrected chi connectivity index (χ1v) is 8.69. The number of aromatic nitrogens is 2. The fourth-order valence-corrected chi connectivity index (χ4v) is 3.56. The number of unbranched alkanes of at least 4 members (excludes halogenated alkanes) is 2. The number of H-pyrrole nitrogens is 1. The molecule has 3 rings (SSSR count). The Morgan fingerprint density at radius 3 is 2.83 bits per heavy atom. The van der Waals surface area contributed by atoms with Crippen molar-refractivity contribution in [1.29, 1.82) is 5.26 Å². The van der Waals surface area contributed by atoms with Crippen LogP contribution >= 0.6 is 0 Å². The Hall–Kier alpha value is -2.15. The maximum absolute atomic E-state index is 12.1. The van der Waals surface area contributed by atoms with E-state index in [1.165, 1.54) is 44.9 Å². The molecule has 1 fully saturated rings. The summed E-state index contributed by atoms with van der Waals surface area (Å²) in [6.45, 7) is 0. The lowest BCUT2D eigenvalue weighted by Crippen LogP contribution is -2.15. The first kappa shape index (κ1) is 15.7. The topological polar surface area (TPSA) is 69.5 Å². The monoisotopic (exact) mass is 309 g/mol. The van der Waals surface area contributed by atoms with E-state index in [1.807, 2.05) is 0 Å². The molecule has 1 aliphatic rings. The SMILES string of the molecule is N#Cc1ccc2nc(CCCCCC3CCCC3)c(=O)[nH]c2c1. The van der Waals surface area contributed by atoms with Gasteiger partial charge in [0.1, 0.15) is 5.69 Å². The zero-order valence-electron chi connectivity index (χ0n) is 13.5. The summed E-state index contributed by atoms with van der Waals surface area (Å²) in [6.07, 6.45) is 11.2. The van der Waals surface area contributed by atoms with Crippen LogP contribution in [0.15, 0.2) is 23.0 Å². The minimum Gasteiger partial charge on any atom is -0.319 e. The van der Waals surface area contributed by atoms with Crippen molar-refractivity contribution in [3.05, 3.63) is 39.8 Å². The second-order valence-corrected chi connectivity index (χ2v) is 6.61. The Bertz CT molecular complexity index is 766. The van der Waals surface area contributed by atoms with Gasteiger partial charge in [0.05, 0.1) is 22.7 Å². The van der Waals surface area contributed by atoms with Crippen LogP contribution in [0.4, 0.5) is 0 Å². The van der Waals surface area contributed by atoms with Crippen molar-refractivity contribution >= 4 is 11.0 Å². The molecule has 0 aliphatic heterocycles. The van der Waals surface area contributed by atoms with Crippen LogP contribution in [0.3, 0.4) is 0 Å². The second-order valence-electron chi connectivity index (χ2n) is 6.61. The fraction of sp³-hybridized carbons (Fsp3) is 0.526. The number of aryl methyl sites for hydroxylation is 1. The number of hydrogen-bond donors (Lipinski definition) is 1. The van der Waals surface area contributed by atoms with Crippen LogP contribution in [-0.4, -0.2) is 9.97 Å². The predicted octanol–water partition coefficient (Wildman–Crippen LogP) is 4.09. The fourth-order valence-electron chi connectivity index (χ4n) is 3.56. The van der Waals surface area contributed by atoms with Crippen LogP contribution in [0.5, 0.6) is 0 Å². The molecule has 1 aromatic carbocycles. The van der Waals surface area contributed by atoms with Gasteiger partial charge in [-0.3, -0.25) is 4.79 Å². The van der Waals surface area contributed by atoms with Gasteiger partial charge in [-0.1, -0.05) is 44.9 Å². The van der Waals surface area contributed by atoms with Crippen LogP contribution in [0, 0.1) is 17.2 Å². The van der Waals surface area contributed by atoms with Gasteiger partial charge in [-0.15, -0.1) is 0 Å². The largest absolute Gasteiger partial charge is 0.319 e. The van der Waals surface area contributed by atoms with Gasteiger partial charge in [-0.2, -0.15) is 5.26 Å². The molecule has 0 bridgehead atoms. The Morgan fingerprint density at radius 2 is 2.04 bits per heavy atom. The van der Waals surface area contributed by atoms with Gasteiger partial charge in [0, 0.05) is 0 Å². The molecule has 1 saturated carbocycles. The van der Waals surface area contributed by atoms with Crippen molar-refractivity contribution in [1.82, 2.24) is 9.97 Å². The summed E-state index contributed by atoms with van der Waals surface area (Å²) in [7, 11) is 0. The van der Waals surface area contributed by atoms with Crippen molar-refractivity contribution in [3.8, 4) is 6.07 Å². The van der Waals surface area contributed by atoms with Crippen molar-refractivity contribution in [2.75, 3.05) is 0 Å². The summed E-state index contributed by atoms with van der Waals surface area (Å²) in [6, 6.07) is 7.28. The highest BCUT2D eigenvalue weighted by Crippen LogP contribution is 2.29. The average molecular weight is 309 g/mol. The minimum absolute atomic E-state index is 0.122. The number of nitrogens with one attached hydrogen (secondary N) is 1. The molecule has 4 nitrogen and oxygen atoms in total. The lowest BCUT2D eigenvalue weighted by atomic mass is 9.99. The normalized spacial score (nSPS) is 15.1. The second kappa shape index (κ2) is 7.41. The Kier molecular flexibility index (Phi) is 5.07. The van der Waals surface area contributed by atoms with Gasteiger partial charge in [-0.25, -0.2) is 4.98 Å². The molecule has 0 unspecified atom stereocenters. The van der Waals surface area contributed by atoms with Crippen LogP contribution in [-0.2, 0) is 6.42 Å². The number of fused-ring (bicyclic) bond motifs is 1. The van der Waals surface area contributed by atoms with Crippen molar-refractivity contribution < 1.29 is 0 Å². The van der Waals surface area contributed by atoms with Gasteiger partial charge in [0.25, 0.3) is 5.56 Å². The summed E-state index contributed by atoms with van der Waals surface area (Å²) in [5.41, 5.74) is 2.42. The summed E-state index contributed by atoms with van der Waals surface area (Å²) in [5, 5.41) is 8.90. The summed E-state index contributed by atoms with van der Waals surface area (Å²) in [4.78, 5) is 19.4. The number of nitrogens with zero attached hydrogens (tertiary/aromatic N) is 2. The maximum Gasteiger partial charge on any atom is 0.270 e. The molecule has 1 heterocycles. The number of nitriles is 1. The van der Waals surface area contributed by atoms with Crippen LogP contribution in [0.2, 0.25) is 0 Å². The van der Waals surface area contributed by atoms with Gasteiger partial charge in [0.2, 0.25) is 0 Å². The maximum atomic E-state index is 12.1. The number of benzene rings is 1. The molecule has 0 atom stereocenters. The van der Waals surface area contributed by atoms with E-state index in [-0.39, 0.29) is 5.56 Å². The number of aromatic amines is 1. The smallest absolute Gasteiger partial charge is 0.270 e. The predicted molar refractivity (Wildman–Crippen MR) is 91.2 cm³/mol. The molecule has 4 heteroatoms. The molecular formula is C19H23N3O. The molecule has 1 aromatic heterocycles. The Labute approximate surface area is 136 Å². The highest BCUT2D eigenvalue weighted by molar-refractivity contribution is 5.75. The average Bonchev–Trinajstić information content (AvgIpc) is 3.07. The van der Waals surface area contributed by atoms with Gasteiger partial charge in [0.15, 0.2) is 0 Å². The highest BCUT2D eigenvalue weighted by atomic mass is 16.1. The molecule has 0 radical (unpaired) electrons. The molecule has 0 saturated heterocycles. The third kappa shape index (κ3) is 3.98. The van der Waals surface area contributed by atoms with Crippen LogP contribution in [0.1, 0.15) is 62.6 Å². The highest BCUT2D eigenvalue weighted by Gasteiger charge is 2.14. The molecule has 0 amide bonds. The quantitative estimate of drug-likeness (QED) is 0.817. The van der Waals surface area contributed by atoms with E-state index in [1.54, 1.807) is 18.2 Å². The Balaban J connectivity index is 1.56. The van der Waals surface area contributed by atoms with Gasteiger partial charge < -0.3 is 4.98 Å². The zero-order chi connectivity index (χ0) is 16.1. The lowest BCUT2D eigenvalue weighted by molar-refractivity contribution is 0.467. The number of hydrogen-bond acceptors (Lipinski definition) is 3. The minimum atomic E-state index is -0.122. The van der Waals surface area contributed by atoms with Gasteiger partial charge in [-0.05, 0) is 37.0 Å². The van der Waals surface area contributed by atoms with E-state index < -0.39 is 0 Å². The summed E-state index contributed by atoms with van der Waals surface area (Å²) in [5.74, 6) is 0.950. The summed E-state index contributed by atoms with van der Waals surface area (Å²) >= 11 is 0. The molecule has 0 spiro atoms. The summed E-state index contributed by atoms with van der Waals surface area (Å²) < 4.78 is 0. The molecule has 2 aromatic rings. The van der Waals surface area contributed by atoms with E-state index >= 15 is 0 Å². The lowest BCUT2D eigenvalue weighted by Gasteiger charge is -2.08. The van der Waals surface area contributed by atoms with Crippen molar-refractivity contribution in [2.45, 2.75) is 57.8 Å². The molecule has 1 N–H and O–H groups in total. The van der Waals surface area contributed by atoms with E-state index in [9.17, 15) is 4.79 Å². The third-order valence-corrected chi connectivity index (χ3v) is 4.89.